The quantitative estimate of drug-likeness (QED) is 0.824. The first-order valence-electron chi connectivity index (χ1n) is 6.82. The van der Waals surface area contributed by atoms with Crippen LogP contribution in [0.5, 0.6) is 0 Å². The van der Waals surface area contributed by atoms with Gasteiger partial charge in [-0.25, -0.2) is 4.79 Å². The molecule has 1 N–H and O–H groups in total. The molecule has 18 heavy (non-hydrogen) atoms. The molecule has 2 heterocycles. The highest BCUT2D eigenvalue weighted by molar-refractivity contribution is 5.84. The second kappa shape index (κ2) is 6.18. The van der Waals surface area contributed by atoms with Crippen molar-refractivity contribution in [3.8, 4) is 0 Å². The molecule has 0 saturated carbocycles. The van der Waals surface area contributed by atoms with Crippen LogP contribution in [0.3, 0.4) is 0 Å². The van der Waals surface area contributed by atoms with Crippen molar-refractivity contribution in [2.45, 2.75) is 57.1 Å². The number of ether oxygens (including phenoxy) is 1. The van der Waals surface area contributed by atoms with E-state index in [1.165, 1.54) is 11.3 Å². The standard InChI is InChI=1S/C13H21NO4/c15-12(7-6-10-4-1-2-9-18-10)14-8-3-5-11(14)13(16)17/h10-11H,1-9H2,(H,16,17)/t10-,11+/m1/s1. The van der Waals surface area contributed by atoms with Crippen LogP contribution in [0, 0.1) is 0 Å². The summed E-state index contributed by atoms with van der Waals surface area (Å²) in [7, 11) is 0. The molecule has 102 valence electrons. The second-order valence-corrected chi connectivity index (χ2v) is 5.11. The first-order chi connectivity index (χ1) is 8.68. The Morgan fingerprint density at radius 2 is 2.06 bits per heavy atom. The minimum Gasteiger partial charge on any atom is -0.480 e. The van der Waals surface area contributed by atoms with E-state index in [0.717, 1.165) is 32.3 Å². The van der Waals surface area contributed by atoms with Gasteiger partial charge in [0.05, 0.1) is 6.10 Å². The van der Waals surface area contributed by atoms with Crippen molar-refractivity contribution in [1.29, 1.82) is 0 Å². The summed E-state index contributed by atoms with van der Waals surface area (Å²) in [6, 6.07) is -0.607. The molecule has 0 unspecified atom stereocenters. The fourth-order valence-electron chi connectivity index (χ4n) is 2.79. The first-order valence-corrected chi connectivity index (χ1v) is 6.82. The molecule has 2 aliphatic rings. The predicted molar refractivity (Wildman–Crippen MR) is 65.2 cm³/mol. The van der Waals surface area contributed by atoms with Crippen LogP contribution < -0.4 is 0 Å². The van der Waals surface area contributed by atoms with Crippen LogP contribution in [0.2, 0.25) is 0 Å². The van der Waals surface area contributed by atoms with Crippen LogP contribution in [-0.4, -0.2) is 47.2 Å². The molecule has 0 radical (unpaired) electrons. The van der Waals surface area contributed by atoms with Gasteiger partial charge in [0.1, 0.15) is 6.04 Å². The number of hydrogen-bond donors (Lipinski definition) is 1. The lowest BCUT2D eigenvalue weighted by Gasteiger charge is -2.25. The lowest BCUT2D eigenvalue weighted by atomic mass is 10.0. The molecule has 5 nitrogen and oxygen atoms in total. The van der Waals surface area contributed by atoms with Crippen molar-refractivity contribution in [3.05, 3.63) is 0 Å². The minimum absolute atomic E-state index is 0.0333. The highest BCUT2D eigenvalue weighted by atomic mass is 16.5. The summed E-state index contributed by atoms with van der Waals surface area (Å²) in [5.41, 5.74) is 0. The molecule has 0 aliphatic carbocycles. The summed E-state index contributed by atoms with van der Waals surface area (Å²) < 4.78 is 5.58. The monoisotopic (exact) mass is 255 g/mol. The number of hydrogen-bond acceptors (Lipinski definition) is 3. The molecule has 0 spiro atoms. The van der Waals surface area contributed by atoms with Gasteiger partial charge in [0, 0.05) is 19.6 Å². The third kappa shape index (κ3) is 3.22. The summed E-state index contributed by atoms with van der Waals surface area (Å²) in [5, 5.41) is 9.03. The van der Waals surface area contributed by atoms with Crippen molar-refractivity contribution in [1.82, 2.24) is 4.90 Å². The molecule has 2 aliphatic heterocycles. The van der Waals surface area contributed by atoms with E-state index in [1.807, 2.05) is 0 Å². The molecular formula is C13H21NO4. The molecule has 0 aromatic carbocycles. The molecule has 2 fully saturated rings. The molecule has 2 rings (SSSR count). The van der Waals surface area contributed by atoms with Gasteiger partial charge in [0.15, 0.2) is 0 Å². The highest BCUT2D eigenvalue weighted by Gasteiger charge is 2.33. The van der Waals surface area contributed by atoms with Gasteiger partial charge in [-0.15, -0.1) is 0 Å². The van der Waals surface area contributed by atoms with E-state index in [1.54, 1.807) is 0 Å². The molecule has 5 heteroatoms. The zero-order chi connectivity index (χ0) is 13.0. The topological polar surface area (TPSA) is 66.8 Å². The van der Waals surface area contributed by atoms with Crippen molar-refractivity contribution >= 4 is 11.9 Å². The van der Waals surface area contributed by atoms with E-state index in [2.05, 4.69) is 0 Å². The van der Waals surface area contributed by atoms with Gasteiger partial charge < -0.3 is 14.7 Å². The average Bonchev–Trinajstić information content (AvgIpc) is 2.86. The van der Waals surface area contributed by atoms with Gasteiger partial charge in [0.2, 0.25) is 5.91 Å². The molecule has 2 saturated heterocycles. The number of amides is 1. The Hall–Kier alpha value is -1.10. The van der Waals surface area contributed by atoms with E-state index in [9.17, 15) is 9.59 Å². The van der Waals surface area contributed by atoms with E-state index in [4.69, 9.17) is 9.84 Å². The molecule has 0 bridgehead atoms. The number of nitrogens with zero attached hydrogens (tertiary/aromatic N) is 1. The number of carboxylic acids is 1. The zero-order valence-electron chi connectivity index (χ0n) is 10.6. The third-order valence-corrected chi connectivity index (χ3v) is 3.81. The van der Waals surface area contributed by atoms with E-state index >= 15 is 0 Å². The Morgan fingerprint density at radius 3 is 2.72 bits per heavy atom. The van der Waals surface area contributed by atoms with Gasteiger partial charge in [-0.05, 0) is 38.5 Å². The lowest BCUT2D eigenvalue weighted by molar-refractivity contribution is -0.148. The number of carboxylic acid groups (broad SMARTS) is 1. The SMILES string of the molecule is O=C(O)[C@@H]1CCCN1C(=O)CC[C@H]1CCCCO1. The Kier molecular flexibility index (Phi) is 4.58. The fraction of sp³-hybridized carbons (Fsp3) is 0.846. The van der Waals surface area contributed by atoms with Crippen molar-refractivity contribution in [2.75, 3.05) is 13.2 Å². The zero-order valence-corrected chi connectivity index (χ0v) is 10.6. The maximum absolute atomic E-state index is 12.0. The number of carbonyl (C=O) groups is 2. The minimum atomic E-state index is -0.880. The Labute approximate surface area is 107 Å². The van der Waals surface area contributed by atoms with Gasteiger partial charge in [-0.3, -0.25) is 4.79 Å². The van der Waals surface area contributed by atoms with Gasteiger partial charge in [-0.2, -0.15) is 0 Å². The largest absolute Gasteiger partial charge is 0.480 e. The summed E-state index contributed by atoms with van der Waals surface area (Å²) in [4.78, 5) is 24.5. The van der Waals surface area contributed by atoms with Crippen LogP contribution in [-0.2, 0) is 14.3 Å². The summed E-state index contributed by atoms with van der Waals surface area (Å²) in [6.07, 6.45) is 6.00. The Bertz CT molecular complexity index is 312. The summed E-state index contributed by atoms with van der Waals surface area (Å²) in [5.74, 6) is -0.913. The van der Waals surface area contributed by atoms with Gasteiger partial charge >= 0.3 is 5.97 Å². The Morgan fingerprint density at radius 1 is 1.22 bits per heavy atom. The summed E-state index contributed by atoms with van der Waals surface area (Å²) in [6.45, 7) is 1.38. The third-order valence-electron chi connectivity index (χ3n) is 3.81. The van der Waals surface area contributed by atoms with Crippen molar-refractivity contribution < 1.29 is 19.4 Å². The summed E-state index contributed by atoms with van der Waals surface area (Å²) >= 11 is 0. The highest BCUT2D eigenvalue weighted by Crippen LogP contribution is 2.21. The lowest BCUT2D eigenvalue weighted by Crippen LogP contribution is -2.40. The van der Waals surface area contributed by atoms with E-state index in [0.29, 0.717) is 19.4 Å². The van der Waals surface area contributed by atoms with Gasteiger partial charge in [-0.1, -0.05) is 0 Å². The predicted octanol–water partition coefficient (Wildman–Crippen LogP) is 1.41. The Balaban J connectivity index is 1.78. The van der Waals surface area contributed by atoms with Crippen LogP contribution in [0.15, 0.2) is 0 Å². The van der Waals surface area contributed by atoms with Crippen molar-refractivity contribution in [2.24, 2.45) is 0 Å². The maximum atomic E-state index is 12.0. The molecular weight excluding hydrogens is 234 g/mol. The van der Waals surface area contributed by atoms with Crippen LogP contribution in [0.1, 0.15) is 44.9 Å². The van der Waals surface area contributed by atoms with Crippen LogP contribution >= 0.6 is 0 Å². The smallest absolute Gasteiger partial charge is 0.326 e. The molecule has 0 aromatic heterocycles. The second-order valence-electron chi connectivity index (χ2n) is 5.11. The average molecular weight is 255 g/mol. The van der Waals surface area contributed by atoms with Crippen LogP contribution in [0.25, 0.3) is 0 Å². The fourth-order valence-corrected chi connectivity index (χ4v) is 2.79. The molecule has 1 amide bonds. The maximum Gasteiger partial charge on any atom is 0.326 e. The first kappa shape index (κ1) is 13.3. The molecule has 0 aromatic rings. The van der Waals surface area contributed by atoms with Gasteiger partial charge in [0.25, 0.3) is 0 Å². The van der Waals surface area contributed by atoms with E-state index in [-0.39, 0.29) is 12.0 Å². The number of carbonyl (C=O) groups excluding carboxylic acids is 1. The van der Waals surface area contributed by atoms with Crippen molar-refractivity contribution in [3.63, 3.8) is 0 Å². The number of likely N-dealkylation sites (tertiary alicyclic amines) is 1. The normalized spacial score (nSPS) is 28.3. The van der Waals surface area contributed by atoms with E-state index < -0.39 is 12.0 Å². The number of rotatable bonds is 4. The van der Waals surface area contributed by atoms with Crippen LogP contribution in [0.4, 0.5) is 0 Å². The molecule has 2 atom stereocenters. The number of aliphatic carboxylic acids is 1.